The molecule has 1 saturated heterocycles. The number of likely N-dealkylation sites (tertiary alicyclic amines) is 1. The van der Waals surface area contributed by atoms with Gasteiger partial charge in [0.05, 0.1) is 6.26 Å². The topological polar surface area (TPSA) is 45.5 Å². The first-order valence-electron chi connectivity index (χ1n) is 4.78. The minimum atomic E-state index is -0.115. The van der Waals surface area contributed by atoms with Crippen LogP contribution in [-0.4, -0.2) is 37.0 Å². The molecule has 0 spiro atoms. The van der Waals surface area contributed by atoms with E-state index in [0.717, 1.165) is 19.5 Å². The number of hydrogen-bond acceptors (Lipinski definition) is 3. The highest BCUT2D eigenvalue weighted by atomic mass is 16.3. The van der Waals surface area contributed by atoms with Crippen LogP contribution in [0.1, 0.15) is 17.0 Å². The van der Waals surface area contributed by atoms with Crippen LogP contribution in [0, 0.1) is 0 Å². The first kappa shape index (κ1) is 9.27. The van der Waals surface area contributed by atoms with Crippen LogP contribution in [-0.2, 0) is 0 Å². The monoisotopic (exact) mass is 194 g/mol. The molecule has 1 aromatic heterocycles. The summed E-state index contributed by atoms with van der Waals surface area (Å²) >= 11 is 0. The minimum Gasteiger partial charge on any atom is -0.459 e. The molecule has 1 aliphatic heterocycles. The molecule has 76 valence electrons. The van der Waals surface area contributed by atoms with Crippen molar-refractivity contribution in [3.63, 3.8) is 0 Å². The Morgan fingerprint density at radius 3 is 3.14 bits per heavy atom. The molecule has 4 nitrogen and oxygen atoms in total. The molecule has 1 amide bonds. The van der Waals surface area contributed by atoms with Crippen LogP contribution in [0.25, 0.3) is 0 Å². The number of nitrogens with zero attached hydrogens (tertiary/aromatic N) is 1. The Hall–Kier alpha value is -1.29. The van der Waals surface area contributed by atoms with Crippen molar-refractivity contribution in [1.82, 2.24) is 10.2 Å². The summed E-state index contributed by atoms with van der Waals surface area (Å²) in [7, 11) is 2.05. The van der Waals surface area contributed by atoms with E-state index in [2.05, 4.69) is 17.3 Å². The summed E-state index contributed by atoms with van der Waals surface area (Å²) < 4.78 is 5.01. The molecule has 1 atom stereocenters. The number of rotatable bonds is 2. The van der Waals surface area contributed by atoms with Gasteiger partial charge in [0.1, 0.15) is 0 Å². The van der Waals surface area contributed by atoms with Crippen LogP contribution in [0.2, 0.25) is 0 Å². The van der Waals surface area contributed by atoms with Gasteiger partial charge in [0.25, 0.3) is 5.91 Å². The zero-order valence-corrected chi connectivity index (χ0v) is 8.19. The lowest BCUT2D eigenvalue weighted by molar-refractivity contribution is 0.0910. The highest BCUT2D eigenvalue weighted by Crippen LogP contribution is 2.07. The van der Waals surface area contributed by atoms with Crippen molar-refractivity contribution in [3.05, 3.63) is 24.2 Å². The second-order valence-electron chi connectivity index (χ2n) is 3.70. The van der Waals surface area contributed by atoms with Gasteiger partial charge in [-0.3, -0.25) is 4.79 Å². The minimum absolute atomic E-state index is 0.115. The fraction of sp³-hybridized carbons (Fsp3) is 0.500. The molecule has 4 heteroatoms. The Morgan fingerprint density at radius 2 is 2.57 bits per heavy atom. The van der Waals surface area contributed by atoms with Crippen molar-refractivity contribution in [1.29, 1.82) is 0 Å². The fourth-order valence-electron chi connectivity index (χ4n) is 1.72. The zero-order chi connectivity index (χ0) is 9.97. The smallest absolute Gasteiger partial charge is 0.287 e. The Kier molecular flexibility index (Phi) is 2.54. The van der Waals surface area contributed by atoms with E-state index in [1.54, 1.807) is 12.1 Å². The number of amides is 1. The van der Waals surface area contributed by atoms with E-state index in [9.17, 15) is 4.79 Å². The molecule has 2 rings (SSSR count). The molecule has 0 saturated carbocycles. The molecule has 1 aromatic rings. The summed E-state index contributed by atoms with van der Waals surface area (Å²) in [5.41, 5.74) is 0. The number of carbonyl (C=O) groups excluding carboxylic acids is 1. The predicted octanol–water partition coefficient (Wildman–Crippen LogP) is 0.713. The molecule has 0 aliphatic carbocycles. The largest absolute Gasteiger partial charge is 0.459 e. The average Bonchev–Trinajstić information content (AvgIpc) is 2.75. The van der Waals surface area contributed by atoms with Gasteiger partial charge in [0.2, 0.25) is 0 Å². The number of likely N-dealkylation sites (N-methyl/N-ethyl adjacent to an activating group) is 1. The normalized spacial score (nSPS) is 22.5. The Morgan fingerprint density at radius 1 is 1.71 bits per heavy atom. The number of carbonyl (C=O) groups is 1. The SMILES string of the molecule is CN1CCC(NC(=O)c2ccco2)C1. The molecule has 14 heavy (non-hydrogen) atoms. The molecule has 1 unspecified atom stereocenters. The number of furan rings is 1. The summed E-state index contributed by atoms with van der Waals surface area (Å²) in [5.74, 6) is 0.273. The maximum Gasteiger partial charge on any atom is 0.287 e. The van der Waals surface area contributed by atoms with Gasteiger partial charge in [0.15, 0.2) is 5.76 Å². The van der Waals surface area contributed by atoms with E-state index in [0.29, 0.717) is 5.76 Å². The van der Waals surface area contributed by atoms with Crippen molar-refractivity contribution >= 4 is 5.91 Å². The van der Waals surface area contributed by atoms with Gasteiger partial charge < -0.3 is 14.6 Å². The van der Waals surface area contributed by atoms with E-state index in [-0.39, 0.29) is 11.9 Å². The maximum absolute atomic E-state index is 11.5. The Labute approximate surface area is 82.9 Å². The molecule has 2 heterocycles. The molecule has 0 aromatic carbocycles. The first-order valence-corrected chi connectivity index (χ1v) is 4.78. The molecule has 0 radical (unpaired) electrons. The lowest BCUT2D eigenvalue weighted by Crippen LogP contribution is -2.36. The van der Waals surface area contributed by atoms with E-state index >= 15 is 0 Å². The van der Waals surface area contributed by atoms with E-state index in [1.807, 2.05) is 0 Å². The van der Waals surface area contributed by atoms with Crippen LogP contribution >= 0.6 is 0 Å². The Balaban J connectivity index is 1.89. The third kappa shape index (κ3) is 1.96. The van der Waals surface area contributed by atoms with Crippen molar-refractivity contribution < 1.29 is 9.21 Å². The fourth-order valence-corrected chi connectivity index (χ4v) is 1.72. The van der Waals surface area contributed by atoms with Gasteiger partial charge in [-0.25, -0.2) is 0 Å². The summed E-state index contributed by atoms with van der Waals surface area (Å²) in [6, 6.07) is 3.65. The van der Waals surface area contributed by atoms with Gasteiger partial charge in [0, 0.05) is 12.6 Å². The van der Waals surface area contributed by atoms with Crippen LogP contribution < -0.4 is 5.32 Å². The predicted molar refractivity (Wildman–Crippen MR) is 52.1 cm³/mol. The lowest BCUT2D eigenvalue weighted by Gasteiger charge is -2.11. The summed E-state index contributed by atoms with van der Waals surface area (Å²) in [4.78, 5) is 13.7. The second-order valence-corrected chi connectivity index (χ2v) is 3.70. The van der Waals surface area contributed by atoms with Crippen LogP contribution in [0.3, 0.4) is 0 Å². The summed E-state index contributed by atoms with van der Waals surface area (Å²) in [5, 5.41) is 2.94. The van der Waals surface area contributed by atoms with Crippen LogP contribution in [0.5, 0.6) is 0 Å². The third-order valence-electron chi connectivity index (χ3n) is 2.47. The third-order valence-corrected chi connectivity index (χ3v) is 2.47. The molecule has 1 N–H and O–H groups in total. The highest BCUT2D eigenvalue weighted by Gasteiger charge is 2.22. The van der Waals surface area contributed by atoms with Crippen LogP contribution in [0.15, 0.2) is 22.8 Å². The molecule has 1 aliphatic rings. The number of nitrogens with one attached hydrogen (secondary N) is 1. The van der Waals surface area contributed by atoms with Crippen LogP contribution in [0.4, 0.5) is 0 Å². The number of hydrogen-bond donors (Lipinski definition) is 1. The molecular weight excluding hydrogens is 180 g/mol. The van der Waals surface area contributed by atoms with Gasteiger partial charge in [-0.15, -0.1) is 0 Å². The van der Waals surface area contributed by atoms with Gasteiger partial charge in [-0.05, 0) is 32.1 Å². The average molecular weight is 194 g/mol. The maximum atomic E-state index is 11.5. The van der Waals surface area contributed by atoms with E-state index in [1.165, 1.54) is 6.26 Å². The zero-order valence-electron chi connectivity index (χ0n) is 8.19. The molecule has 0 bridgehead atoms. The highest BCUT2D eigenvalue weighted by molar-refractivity contribution is 5.91. The van der Waals surface area contributed by atoms with Gasteiger partial charge >= 0.3 is 0 Å². The van der Waals surface area contributed by atoms with E-state index < -0.39 is 0 Å². The first-order chi connectivity index (χ1) is 6.75. The van der Waals surface area contributed by atoms with Gasteiger partial charge in [-0.1, -0.05) is 0 Å². The van der Waals surface area contributed by atoms with Crippen molar-refractivity contribution in [2.75, 3.05) is 20.1 Å². The summed E-state index contributed by atoms with van der Waals surface area (Å²) in [6.45, 7) is 1.97. The lowest BCUT2D eigenvalue weighted by atomic mass is 10.2. The second kappa shape index (κ2) is 3.84. The Bertz CT molecular complexity index is 308. The molecule has 1 fully saturated rings. The van der Waals surface area contributed by atoms with Crippen molar-refractivity contribution in [2.45, 2.75) is 12.5 Å². The quantitative estimate of drug-likeness (QED) is 0.754. The molecular formula is C10H14N2O2. The van der Waals surface area contributed by atoms with Crippen molar-refractivity contribution in [2.24, 2.45) is 0 Å². The summed E-state index contributed by atoms with van der Waals surface area (Å²) in [6.07, 6.45) is 2.53. The standard InChI is InChI=1S/C10H14N2O2/c1-12-5-4-8(7-12)11-10(13)9-3-2-6-14-9/h2-3,6,8H,4-5,7H2,1H3,(H,11,13). The van der Waals surface area contributed by atoms with E-state index in [4.69, 9.17) is 4.42 Å². The van der Waals surface area contributed by atoms with Crippen molar-refractivity contribution in [3.8, 4) is 0 Å². The van der Waals surface area contributed by atoms with Gasteiger partial charge in [-0.2, -0.15) is 0 Å².